The van der Waals surface area contributed by atoms with Crippen molar-refractivity contribution in [2.75, 3.05) is 26.7 Å². The monoisotopic (exact) mass is 342 g/mol. The van der Waals surface area contributed by atoms with Crippen molar-refractivity contribution in [2.45, 2.75) is 26.3 Å². The standard InChI is InChI=1S/C15H23BrN2O2/c1-4-12(2)17-11-15(19)18(3)9-10-20-14-7-5-13(16)6-8-14/h5-8,12,17H,4,9-11H2,1-3H3. The van der Waals surface area contributed by atoms with E-state index in [0.717, 1.165) is 16.6 Å². The molecule has 0 aromatic heterocycles. The van der Waals surface area contributed by atoms with Gasteiger partial charge in [0.15, 0.2) is 0 Å². The summed E-state index contributed by atoms with van der Waals surface area (Å²) >= 11 is 3.38. The summed E-state index contributed by atoms with van der Waals surface area (Å²) in [6.45, 7) is 5.62. The van der Waals surface area contributed by atoms with Crippen molar-refractivity contribution in [3.8, 4) is 5.75 Å². The van der Waals surface area contributed by atoms with Gasteiger partial charge >= 0.3 is 0 Å². The summed E-state index contributed by atoms with van der Waals surface area (Å²) < 4.78 is 6.61. The van der Waals surface area contributed by atoms with Gasteiger partial charge in [-0.15, -0.1) is 0 Å². The first-order chi connectivity index (χ1) is 9.52. The Morgan fingerprint density at radius 3 is 2.65 bits per heavy atom. The molecule has 0 aliphatic rings. The number of carbonyl (C=O) groups excluding carboxylic acids is 1. The summed E-state index contributed by atoms with van der Waals surface area (Å²) in [6, 6.07) is 8.03. The van der Waals surface area contributed by atoms with E-state index in [4.69, 9.17) is 4.74 Å². The van der Waals surface area contributed by atoms with Crippen molar-refractivity contribution in [1.82, 2.24) is 10.2 Å². The molecule has 1 N–H and O–H groups in total. The minimum Gasteiger partial charge on any atom is -0.492 e. The van der Waals surface area contributed by atoms with Crippen LogP contribution in [0.5, 0.6) is 5.75 Å². The van der Waals surface area contributed by atoms with E-state index in [1.807, 2.05) is 24.3 Å². The Morgan fingerprint density at radius 1 is 1.40 bits per heavy atom. The molecule has 1 aromatic rings. The summed E-state index contributed by atoms with van der Waals surface area (Å²) in [5.74, 6) is 0.900. The Balaban J connectivity index is 2.23. The topological polar surface area (TPSA) is 41.6 Å². The molecular formula is C15H23BrN2O2. The van der Waals surface area contributed by atoms with Crippen LogP contribution >= 0.6 is 15.9 Å². The van der Waals surface area contributed by atoms with Gasteiger partial charge in [-0.25, -0.2) is 0 Å². The zero-order chi connectivity index (χ0) is 15.0. The lowest BCUT2D eigenvalue weighted by Crippen LogP contribution is -2.40. The van der Waals surface area contributed by atoms with Crippen molar-refractivity contribution in [3.63, 3.8) is 0 Å². The zero-order valence-corrected chi connectivity index (χ0v) is 13.9. The average molecular weight is 343 g/mol. The summed E-state index contributed by atoms with van der Waals surface area (Å²) in [6.07, 6.45) is 1.02. The third kappa shape index (κ3) is 6.39. The van der Waals surface area contributed by atoms with Crippen molar-refractivity contribution >= 4 is 21.8 Å². The maximum absolute atomic E-state index is 11.9. The molecule has 20 heavy (non-hydrogen) atoms. The molecule has 112 valence electrons. The molecule has 0 saturated heterocycles. The first-order valence-electron chi connectivity index (χ1n) is 6.88. The Hall–Kier alpha value is -1.07. The van der Waals surface area contributed by atoms with Crippen LogP contribution in [0.1, 0.15) is 20.3 Å². The van der Waals surface area contributed by atoms with Gasteiger partial charge in [-0.3, -0.25) is 4.79 Å². The number of halogens is 1. The molecule has 0 bridgehead atoms. The molecular weight excluding hydrogens is 320 g/mol. The van der Waals surface area contributed by atoms with Gasteiger partial charge in [0.2, 0.25) is 5.91 Å². The summed E-state index contributed by atoms with van der Waals surface area (Å²) in [4.78, 5) is 13.5. The van der Waals surface area contributed by atoms with Crippen molar-refractivity contribution < 1.29 is 9.53 Å². The van der Waals surface area contributed by atoms with Gasteiger partial charge in [0.05, 0.1) is 13.1 Å². The molecule has 1 atom stereocenters. The van der Waals surface area contributed by atoms with Gasteiger partial charge in [0, 0.05) is 17.6 Å². The van der Waals surface area contributed by atoms with E-state index in [2.05, 4.69) is 35.1 Å². The maximum Gasteiger partial charge on any atom is 0.236 e. The molecule has 0 aliphatic heterocycles. The second-order valence-corrected chi connectivity index (χ2v) is 5.72. The fourth-order valence-electron chi connectivity index (χ4n) is 1.50. The Kier molecular flexibility index (Phi) is 7.62. The Bertz CT molecular complexity index is 409. The molecule has 1 unspecified atom stereocenters. The van der Waals surface area contributed by atoms with E-state index in [1.165, 1.54) is 0 Å². The lowest BCUT2D eigenvalue weighted by atomic mass is 10.2. The van der Waals surface area contributed by atoms with Gasteiger partial charge in [-0.05, 0) is 37.6 Å². The molecule has 0 spiro atoms. The zero-order valence-electron chi connectivity index (χ0n) is 12.4. The van der Waals surface area contributed by atoms with Crippen molar-refractivity contribution in [2.24, 2.45) is 0 Å². The minimum absolute atomic E-state index is 0.0877. The van der Waals surface area contributed by atoms with E-state index >= 15 is 0 Å². The number of ether oxygens (including phenoxy) is 1. The molecule has 5 heteroatoms. The van der Waals surface area contributed by atoms with Gasteiger partial charge in [-0.1, -0.05) is 22.9 Å². The highest BCUT2D eigenvalue weighted by molar-refractivity contribution is 9.10. The molecule has 0 radical (unpaired) electrons. The van der Waals surface area contributed by atoms with Gasteiger partial charge < -0.3 is 15.0 Å². The number of amides is 1. The lowest BCUT2D eigenvalue weighted by molar-refractivity contribution is -0.129. The van der Waals surface area contributed by atoms with Gasteiger partial charge in [0.25, 0.3) is 0 Å². The van der Waals surface area contributed by atoms with Crippen LogP contribution in [0, 0.1) is 0 Å². The molecule has 1 aromatic carbocycles. The second-order valence-electron chi connectivity index (χ2n) is 4.81. The first-order valence-corrected chi connectivity index (χ1v) is 7.68. The van der Waals surface area contributed by atoms with Crippen LogP contribution in [0.2, 0.25) is 0 Å². The van der Waals surface area contributed by atoms with E-state index in [9.17, 15) is 4.79 Å². The predicted molar refractivity (Wildman–Crippen MR) is 85.0 cm³/mol. The highest BCUT2D eigenvalue weighted by Crippen LogP contribution is 2.15. The van der Waals surface area contributed by atoms with Crippen LogP contribution in [0.3, 0.4) is 0 Å². The summed E-state index contributed by atoms with van der Waals surface area (Å²) in [5, 5.41) is 3.19. The van der Waals surface area contributed by atoms with Crippen LogP contribution in [-0.4, -0.2) is 43.6 Å². The molecule has 1 rings (SSSR count). The molecule has 0 aliphatic carbocycles. The molecule has 1 amide bonds. The number of nitrogens with one attached hydrogen (secondary N) is 1. The average Bonchev–Trinajstić information content (AvgIpc) is 2.46. The number of likely N-dealkylation sites (N-methyl/N-ethyl adjacent to an activating group) is 1. The quantitative estimate of drug-likeness (QED) is 0.789. The highest BCUT2D eigenvalue weighted by atomic mass is 79.9. The van der Waals surface area contributed by atoms with E-state index in [1.54, 1.807) is 11.9 Å². The van der Waals surface area contributed by atoms with E-state index in [-0.39, 0.29) is 5.91 Å². The lowest BCUT2D eigenvalue weighted by Gasteiger charge is -2.19. The van der Waals surface area contributed by atoms with Crippen LogP contribution in [0.4, 0.5) is 0 Å². The van der Waals surface area contributed by atoms with E-state index in [0.29, 0.717) is 25.7 Å². The summed E-state index contributed by atoms with van der Waals surface area (Å²) in [5.41, 5.74) is 0. The van der Waals surface area contributed by atoms with Crippen molar-refractivity contribution in [3.05, 3.63) is 28.7 Å². The SMILES string of the molecule is CCC(C)NCC(=O)N(C)CCOc1ccc(Br)cc1. The van der Waals surface area contributed by atoms with Gasteiger partial charge in [0.1, 0.15) is 12.4 Å². The molecule has 4 nitrogen and oxygen atoms in total. The molecule has 0 heterocycles. The van der Waals surface area contributed by atoms with Gasteiger partial charge in [-0.2, -0.15) is 0 Å². The van der Waals surface area contributed by atoms with Crippen LogP contribution in [-0.2, 0) is 4.79 Å². The maximum atomic E-state index is 11.9. The number of hydrogen-bond acceptors (Lipinski definition) is 3. The minimum atomic E-state index is 0.0877. The largest absolute Gasteiger partial charge is 0.492 e. The Labute approximate surface area is 129 Å². The van der Waals surface area contributed by atoms with Crippen LogP contribution in [0.25, 0.3) is 0 Å². The smallest absolute Gasteiger partial charge is 0.236 e. The third-order valence-corrected chi connectivity index (χ3v) is 3.68. The van der Waals surface area contributed by atoms with Crippen molar-refractivity contribution in [1.29, 1.82) is 0 Å². The fourth-order valence-corrected chi connectivity index (χ4v) is 1.76. The number of hydrogen-bond donors (Lipinski definition) is 1. The number of benzene rings is 1. The molecule has 0 saturated carbocycles. The predicted octanol–water partition coefficient (Wildman–Crippen LogP) is 2.67. The van der Waals surface area contributed by atoms with Crippen LogP contribution in [0.15, 0.2) is 28.7 Å². The number of carbonyl (C=O) groups is 1. The number of rotatable bonds is 8. The Morgan fingerprint density at radius 2 is 2.05 bits per heavy atom. The normalized spacial score (nSPS) is 12.0. The third-order valence-electron chi connectivity index (χ3n) is 3.15. The second kappa shape index (κ2) is 8.97. The summed E-state index contributed by atoms with van der Waals surface area (Å²) in [7, 11) is 1.80. The van der Waals surface area contributed by atoms with E-state index < -0.39 is 0 Å². The first kappa shape index (κ1) is 17.0. The molecule has 0 fully saturated rings. The number of nitrogens with zero attached hydrogens (tertiary/aromatic N) is 1. The van der Waals surface area contributed by atoms with Crippen LogP contribution < -0.4 is 10.1 Å². The highest BCUT2D eigenvalue weighted by Gasteiger charge is 2.09. The fraction of sp³-hybridized carbons (Fsp3) is 0.533.